The summed E-state index contributed by atoms with van der Waals surface area (Å²) < 4.78 is 0.801. The second-order valence-electron chi connectivity index (χ2n) is 4.46. The van der Waals surface area contributed by atoms with Crippen molar-refractivity contribution in [3.05, 3.63) is 45.2 Å². The van der Waals surface area contributed by atoms with Gasteiger partial charge in [0.1, 0.15) is 5.84 Å². The van der Waals surface area contributed by atoms with Crippen LogP contribution in [0.4, 0.5) is 0 Å². The van der Waals surface area contributed by atoms with Gasteiger partial charge in [0.25, 0.3) is 0 Å². The number of aryl methyl sites for hydroxylation is 2. The largest absolute Gasteiger partial charge is 0.384 e. The van der Waals surface area contributed by atoms with Gasteiger partial charge >= 0.3 is 0 Å². The Hall–Kier alpha value is -1.40. The number of nitrogen functional groups attached to an aromatic ring is 1. The van der Waals surface area contributed by atoms with Crippen LogP contribution < -0.4 is 5.73 Å². The summed E-state index contributed by atoms with van der Waals surface area (Å²) in [4.78, 5) is 9.98. The van der Waals surface area contributed by atoms with Crippen LogP contribution in [0, 0.1) is 26.2 Å². The Bertz CT molecular complexity index is 662. The molecule has 104 valence electrons. The highest BCUT2D eigenvalue weighted by atomic mass is 79.9. The van der Waals surface area contributed by atoms with E-state index in [1.165, 1.54) is 11.8 Å². The van der Waals surface area contributed by atoms with Crippen molar-refractivity contribution in [1.29, 1.82) is 5.41 Å². The molecule has 2 aromatic rings. The number of halogens is 1. The van der Waals surface area contributed by atoms with Gasteiger partial charge in [-0.25, -0.2) is 9.97 Å². The first-order chi connectivity index (χ1) is 9.38. The number of nitrogens with one attached hydrogen (secondary N) is 1. The van der Waals surface area contributed by atoms with E-state index in [1.54, 1.807) is 0 Å². The molecule has 0 aliphatic rings. The maximum absolute atomic E-state index is 7.46. The van der Waals surface area contributed by atoms with Crippen molar-refractivity contribution in [3.63, 3.8) is 0 Å². The average molecular weight is 351 g/mol. The van der Waals surface area contributed by atoms with Crippen LogP contribution in [0.15, 0.2) is 32.7 Å². The summed E-state index contributed by atoms with van der Waals surface area (Å²) in [6.07, 6.45) is 0. The van der Waals surface area contributed by atoms with E-state index in [-0.39, 0.29) is 5.84 Å². The third kappa shape index (κ3) is 3.19. The molecule has 0 atom stereocenters. The first-order valence-corrected chi connectivity index (χ1v) is 7.63. The summed E-state index contributed by atoms with van der Waals surface area (Å²) in [7, 11) is 0. The molecular formula is C14H15BrN4S. The van der Waals surface area contributed by atoms with E-state index in [9.17, 15) is 0 Å². The molecule has 0 saturated heterocycles. The lowest BCUT2D eigenvalue weighted by molar-refractivity contribution is 0.881. The predicted octanol–water partition coefficient (Wildman–Crippen LogP) is 3.60. The number of nitrogens with two attached hydrogens (primary N) is 1. The molecule has 0 bridgehead atoms. The highest BCUT2D eigenvalue weighted by Crippen LogP contribution is 2.29. The van der Waals surface area contributed by atoms with Crippen LogP contribution in [0.25, 0.3) is 0 Å². The summed E-state index contributed by atoms with van der Waals surface area (Å²) >= 11 is 4.92. The van der Waals surface area contributed by atoms with E-state index in [1.807, 2.05) is 39.0 Å². The quantitative estimate of drug-likeness (QED) is 0.503. The van der Waals surface area contributed by atoms with Gasteiger partial charge in [-0.3, -0.25) is 5.41 Å². The number of hydrogen-bond acceptors (Lipinski definition) is 4. The zero-order valence-electron chi connectivity index (χ0n) is 11.5. The van der Waals surface area contributed by atoms with E-state index in [4.69, 9.17) is 11.1 Å². The molecule has 20 heavy (non-hydrogen) atoms. The SMILES string of the molecule is Cc1nc(Sc2ccc(C(=N)N)c(Br)c2)nc(C)c1C. The number of benzene rings is 1. The highest BCUT2D eigenvalue weighted by molar-refractivity contribution is 9.10. The fourth-order valence-electron chi connectivity index (χ4n) is 1.67. The predicted molar refractivity (Wildman–Crippen MR) is 85.5 cm³/mol. The summed E-state index contributed by atoms with van der Waals surface area (Å²) in [6, 6.07) is 5.66. The fourth-order valence-corrected chi connectivity index (χ4v) is 3.30. The fraction of sp³-hybridized carbons (Fsp3) is 0.214. The number of amidine groups is 1. The molecule has 1 aromatic heterocycles. The first-order valence-electron chi connectivity index (χ1n) is 6.02. The molecule has 0 aliphatic heterocycles. The van der Waals surface area contributed by atoms with E-state index in [2.05, 4.69) is 25.9 Å². The van der Waals surface area contributed by atoms with Gasteiger partial charge in [-0.2, -0.15) is 0 Å². The molecule has 0 radical (unpaired) electrons. The summed E-state index contributed by atoms with van der Waals surface area (Å²) in [5.74, 6) is 0.0479. The van der Waals surface area contributed by atoms with Gasteiger partial charge in [0, 0.05) is 26.3 Å². The molecule has 4 nitrogen and oxygen atoms in total. The Morgan fingerprint density at radius 2 is 1.80 bits per heavy atom. The van der Waals surface area contributed by atoms with Gasteiger partial charge in [0.2, 0.25) is 0 Å². The maximum Gasteiger partial charge on any atom is 0.192 e. The zero-order chi connectivity index (χ0) is 14.9. The molecule has 1 aromatic carbocycles. The number of hydrogen-bond donors (Lipinski definition) is 2. The van der Waals surface area contributed by atoms with Crippen molar-refractivity contribution < 1.29 is 0 Å². The van der Waals surface area contributed by atoms with Crippen LogP contribution >= 0.6 is 27.7 Å². The summed E-state index contributed by atoms with van der Waals surface area (Å²) in [5.41, 5.74) is 9.31. The minimum atomic E-state index is 0.0479. The number of rotatable bonds is 3. The second-order valence-corrected chi connectivity index (χ2v) is 6.35. The number of aromatic nitrogens is 2. The van der Waals surface area contributed by atoms with Crippen LogP contribution in [0.3, 0.4) is 0 Å². The molecule has 3 N–H and O–H groups in total. The van der Waals surface area contributed by atoms with Crippen molar-refractivity contribution in [2.75, 3.05) is 0 Å². The van der Waals surface area contributed by atoms with Crippen molar-refractivity contribution >= 4 is 33.5 Å². The zero-order valence-corrected chi connectivity index (χ0v) is 13.9. The van der Waals surface area contributed by atoms with Gasteiger partial charge in [-0.1, -0.05) is 0 Å². The maximum atomic E-state index is 7.46. The molecule has 0 fully saturated rings. The molecule has 0 amide bonds. The smallest absolute Gasteiger partial charge is 0.192 e. The van der Waals surface area contributed by atoms with Crippen molar-refractivity contribution in [1.82, 2.24) is 9.97 Å². The molecule has 0 aliphatic carbocycles. The standard InChI is InChI=1S/C14H15BrN4S/c1-7-8(2)18-14(19-9(7)3)20-10-4-5-11(13(16)17)12(15)6-10/h4-6H,1-3H3,(H3,16,17). The minimum Gasteiger partial charge on any atom is -0.384 e. The minimum absolute atomic E-state index is 0.0479. The van der Waals surface area contributed by atoms with Crippen molar-refractivity contribution in [2.45, 2.75) is 30.8 Å². The van der Waals surface area contributed by atoms with Crippen LogP contribution in [-0.2, 0) is 0 Å². The lowest BCUT2D eigenvalue weighted by Gasteiger charge is -2.08. The van der Waals surface area contributed by atoms with Gasteiger partial charge < -0.3 is 5.73 Å². The van der Waals surface area contributed by atoms with E-state index in [0.717, 1.165) is 31.5 Å². The van der Waals surface area contributed by atoms with Gasteiger partial charge in [0.05, 0.1) is 0 Å². The lowest BCUT2D eigenvalue weighted by atomic mass is 10.2. The molecule has 2 rings (SSSR count). The van der Waals surface area contributed by atoms with Crippen molar-refractivity contribution in [3.8, 4) is 0 Å². The topological polar surface area (TPSA) is 75.7 Å². The third-order valence-corrected chi connectivity index (χ3v) is 4.56. The Balaban J connectivity index is 2.31. The van der Waals surface area contributed by atoms with E-state index < -0.39 is 0 Å². The average Bonchev–Trinajstić information content (AvgIpc) is 2.35. The Morgan fingerprint density at radius 3 is 2.30 bits per heavy atom. The Morgan fingerprint density at radius 1 is 1.20 bits per heavy atom. The summed E-state index contributed by atoms with van der Waals surface area (Å²) in [5, 5.41) is 8.19. The Kier molecular flexibility index (Phi) is 4.45. The molecular weight excluding hydrogens is 336 g/mol. The molecule has 0 spiro atoms. The van der Waals surface area contributed by atoms with Crippen molar-refractivity contribution in [2.24, 2.45) is 5.73 Å². The van der Waals surface area contributed by atoms with Gasteiger partial charge in [0.15, 0.2) is 5.16 Å². The monoisotopic (exact) mass is 350 g/mol. The third-order valence-electron chi connectivity index (χ3n) is 3.05. The molecule has 0 saturated carbocycles. The lowest BCUT2D eigenvalue weighted by Crippen LogP contribution is -2.11. The Labute approximate surface area is 130 Å². The normalized spacial score (nSPS) is 10.6. The molecule has 6 heteroatoms. The van der Waals surface area contributed by atoms with E-state index >= 15 is 0 Å². The summed E-state index contributed by atoms with van der Waals surface area (Å²) in [6.45, 7) is 6.00. The van der Waals surface area contributed by atoms with Gasteiger partial charge in [-0.05, 0) is 72.2 Å². The van der Waals surface area contributed by atoms with E-state index in [0.29, 0.717) is 5.56 Å². The number of nitrogens with zero attached hydrogens (tertiary/aromatic N) is 2. The second kappa shape index (κ2) is 5.93. The van der Waals surface area contributed by atoms with Gasteiger partial charge in [-0.15, -0.1) is 0 Å². The van der Waals surface area contributed by atoms with Crippen LogP contribution in [0.5, 0.6) is 0 Å². The first kappa shape index (κ1) is 15.0. The van der Waals surface area contributed by atoms with Crippen LogP contribution in [0.2, 0.25) is 0 Å². The van der Waals surface area contributed by atoms with Crippen LogP contribution in [-0.4, -0.2) is 15.8 Å². The van der Waals surface area contributed by atoms with Crippen LogP contribution in [0.1, 0.15) is 22.5 Å². The molecule has 1 heterocycles. The molecule has 0 unspecified atom stereocenters. The highest BCUT2D eigenvalue weighted by Gasteiger charge is 2.09.